The Morgan fingerprint density at radius 3 is 2.62 bits per heavy atom. The monoisotopic (exact) mass is 223 g/mol. The van der Waals surface area contributed by atoms with Gasteiger partial charge in [-0.1, -0.05) is 0 Å². The number of hydrogen-bond donors (Lipinski definition) is 0. The number of likely N-dealkylation sites (N-methyl/N-ethyl adjacent to an activating group) is 1. The predicted molar refractivity (Wildman–Crippen MR) is 62.4 cm³/mol. The summed E-state index contributed by atoms with van der Waals surface area (Å²) < 4.78 is 10.7. The number of carbonyl (C=O) groups is 1. The molecule has 0 bridgehead atoms. The molecule has 4 heteroatoms. The Bertz CT molecular complexity index is 350. The van der Waals surface area contributed by atoms with Gasteiger partial charge in [-0.15, -0.1) is 0 Å². The van der Waals surface area contributed by atoms with Gasteiger partial charge < -0.3 is 14.4 Å². The van der Waals surface area contributed by atoms with E-state index in [1.165, 1.54) is 0 Å². The minimum absolute atomic E-state index is 0.580. The van der Waals surface area contributed by atoms with Crippen LogP contribution in [0, 0.1) is 0 Å². The van der Waals surface area contributed by atoms with Crippen molar-refractivity contribution in [2.75, 3.05) is 34.4 Å². The largest absolute Gasteiger partial charge is 0.493 e. The molecule has 0 fully saturated rings. The maximum absolute atomic E-state index is 10.6. The zero-order chi connectivity index (χ0) is 12.0. The number of methoxy groups -OCH3 is 1. The molecule has 0 unspecified atom stereocenters. The van der Waals surface area contributed by atoms with Crippen LogP contribution in [0.5, 0.6) is 11.5 Å². The Kier molecular flexibility index (Phi) is 4.79. The molecule has 0 radical (unpaired) electrons. The highest BCUT2D eigenvalue weighted by molar-refractivity contribution is 5.76. The van der Waals surface area contributed by atoms with E-state index in [4.69, 9.17) is 9.47 Å². The fraction of sp³-hybridized carbons (Fsp3) is 0.417. The molecule has 0 aliphatic rings. The molecule has 0 spiro atoms. The van der Waals surface area contributed by atoms with Gasteiger partial charge in [0.25, 0.3) is 0 Å². The van der Waals surface area contributed by atoms with Gasteiger partial charge in [0.2, 0.25) is 0 Å². The van der Waals surface area contributed by atoms with Gasteiger partial charge >= 0.3 is 0 Å². The van der Waals surface area contributed by atoms with E-state index in [1.807, 2.05) is 19.0 Å². The maximum Gasteiger partial charge on any atom is 0.161 e. The summed E-state index contributed by atoms with van der Waals surface area (Å²) >= 11 is 0. The summed E-state index contributed by atoms with van der Waals surface area (Å²) in [7, 11) is 5.52. The summed E-state index contributed by atoms with van der Waals surface area (Å²) in [6, 6.07) is 5.12. The molecule has 0 aliphatic carbocycles. The van der Waals surface area contributed by atoms with Crippen LogP contribution in [0.3, 0.4) is 0 Å². The third-order valence-electron chi connectivity index (χ3n) is 2.12. The zero-order valence-electron chi connectivity index (χ0n) is 9.90. The smallest absolute Gasteiger partial charge is 0.161 e. The molecule has 16 heavy (non-hydrogen) atoms. The van der Waals surface area contributed by atoms with Crippen LogP contribution in [0.15, 0.2) is 18.2 Å². The van der Waals surface area contributed by atoms with Crippen molar-refractivity contribution >= 4 is 6.29 Å². The van der Waals surface area contributed by atoms with Gasteiger partial charge in [0.05, 0.1) is 7.11 Å². The first-order valence-corrected chi connectivity index (χ1v) is 5.08. The Morgan fingerprint density at radius 1 is 1.31 bits per heavy atom. The van der Waals surface area contributed by atoms with Crippen LogP contribution in [0.4, 0.5) is 0 Å². The molecule has 0 amide bonds. The van der Waals surface area contributed by atoms with Crippen LogP contribution in [-0.2, 0) is 0 Å². The molecule has 0 aliphatic heterocycles. The topological polar surface area (TPSA) is 38.8 Å². The lowest BCUT2D eigenvalue weighted by atomic mass is 10.2. The van der Waals surface area contributed by atoms with Gasteiger partial charge in [-0.25, -0.2) is 0 Å². The standard InChI is InChI=1S/C12H17NO3/c1-13(2)6-7-16-11-5-4-10(9-14)8-12(11)15-3/h4-5,8-9H,6-7H2,1-3H3. The maximum atomic E-state index is 10.6. The normalized spacial score (nSPS) is 10.2. The first-order chi connectivity index (χ1) is 7.67. The first-order valence-electron chi connectivity index (χ1n) is 5.08. The van der Waals surface area contributed by atoms with Crippen molar-refractivity contribution in [1.29, 1.82) is 0 Å². The number of ether oxygens (including phenoxy) is 2. The molecule has 1 aromatic rings. The Morgan fingerprint density at radius 2 is 2.06 bits per heavy atom. The summed E-state index contributed by atoms with van der Waals surface area (Å²) in [6.45, 7) is 1.42. The van der Waals surface area contributed by atoms with E-state index in [0.717, 1.165) is 12.8 Å². The van der Waals surface area contributed by atoms with Crippen LogP contribution in [0.1, 0.15) is 10.4 Å². The average molecular weight is 223 g/mol. The van der Waals surface area contributed by atoms with Crippen molar-refractivity contribution < 1.29 is 14.3 Å². The molecule has 0 heterocycles. The molecule has 1 rings (SSSR count). The molecule has 0 atom stereocenters. The number of hydrogen-bond acceptors (Lipinski definition) is 4. The van der Waals surface area contributed by atoms with E-state index >= 15 is 0 Å². The van der Waals surface area contributed by atoms with E-state index in [-0.39, 0.29) is 0 Å². The minimum atomic E-state index is 0.580. The third-order valence-corrected chi connectivity index (χ3v) is 2.12. The highest BCUT2D eigenvalue weighted by atomic mass is 16.5. The van der Waals surface area contributed by atoms with Crippen molar-refractivity contribution in [3.05, 3.63) is 23.8 Å². The van der Waals surface area contributed by atoms with Gasteiger partial charge in [0.15, 0.2) is 11.5 Å². The lowest BCUT2D eigenvalue weighted by Crippen LogP contribution is -2.19. The molecule has 0 N–H and O–H groups in total. The Labute approximate surface area is 95.8 Å². The van der Waals surface area contributed by atoms with Crippen molar-refractivity contribution in [1.82, 2.24) is 4.90 Å². The van der Waals surface area contributed by atoms with E-state index in [0.29, 0.717) is 23.7 Å². The molecule has 88 valence electrons. The fourth-order valence-electron chi connectivity index (χ4n) is 1.21. The number of aldehydes is 1. The summed E-state index contributed by atoms with van der Waals surface area (Å²) in [6.07, 6.45) is 0.784. The second kappa shape index (κ2) is 6.12. The zero-order valence-corrected chi connectivity index (χ0v) is 9.90. The average Bonchev–Trinajstić information content (AvgIpc) is 2.29. The lowest BCUT2D eigenvalue weighted by Gasteiger charge is -2.13. The number of nitrogens with zero attached hydrogens (tertiary/aromatic N) is 1. The molecular weight excluding hydrogens is 206 g/mol. The molecular formula is C12H17NO3. The second-order valence-electron chi connectivity index (χ2n) is 3.68. The van der Waals surface area contributed by atoms with Crippen molar-refractivity contribution in [3.63, 3.8) is 0 Å². The molecule has 0 aromatic heterocycles. The van der Waals surface area contributed by atoms with Crippen molar-refractivity contribution in [2.24, 2.45) is 0 Å². The Hall–Kier alpha value is -1.55. The van der Waals surface area contributed by atoms with Gasteiger partial charge in [-0.2, -0.15) is 0 Å². The molecule has 0 saturated carbocycles. The SMILES string of the molecule is COc1cc(C=O)ccc1OCCN(C)C. The number of rotatable bonds is 6. The second-order valence-corrected chi connectivity index (χ2v) is 3.68. The molecule has 4 nitrogen and oxygen atoms in total. The van der Waals surface area contributed by atoms with Crippen molar-refractivity contribution in [3.8, 4) is 11.5 Å². The molecule has 1 aromatic carbocycles. The molecule has 0 saturated heterocycles. The number of benzene rings is 1. The highest BCUT2D eigenvalue weighted by Crippen LogP contribution is 2.27. The predicted octanol–water partition coefficient (Wildman–Crippen LogP) is 1.45. The summed E-state index contributed by atoms with van der Waals surface area (Å²) in [5.74, 6) is 1.25. The van der Waals surface area contributed by atoms with E-state index in [1.54, 1.807) is 25.3 Å². The van der Waals surface area contributed by atoms with Gasteiger partial charge in [-0.3, -0.25) is 4.79 Å². The van der Waals surface area contributed by atoms with E-state index in [9.17, 15) is 4.79 Å². The van der Waals surface area contributed by atoms with Crippen molar-refractivity contribution in [2.45, 2.75) is 0 Å². The van der Waals surface area contributed by atoms with E-state index in [2.05, 4.69) is 0 Å². The van der Waals surface area contributed by atoms with Crippen LogP contribution >= 0.6 is 0 Å². The minimum Gasteiger partial charge on any atom is -0.493 e. The Balaban J connectivity index is 2.68. The van der Waals surface area contributed by atoms with Gasteiger partial charge in [0, 0.05) is 12.1 Å². The quantitative estimate of drug-likeness (QED) is 0.684. The van der Waals surface area contributed by atoms with Crippen LogP contribution < -0.4 is 9.47 Å². The van der Waals surface area contributed by atoms with Gasteiger partial charge in [-0.05, 0) is 32.3 Å². The van der Waals surface area contributed by atoms with Crippen LogP contribution in [-0.4, -0.2) is 45.5 Å². The highest BCUT2D eigenvalue weighted by Gasteiger charge is 2.05. The lowest BCUT2D eigenvalue weighted by molar-refractivity contribution is 0.112. The fourth-order valence-corrected chi connectivity index (χ4v) is 1.21. The van der Waals surface area contributed by atoms with Gasteiger partial charge in [0.1, 0.15) is 12.9 Å². The summed E-state index contributed by atoms with van der Waals surface area (Å²) in [5, 5.41) is 0. The third kappa shape index (κ3) is 3.55. The number of carbonyl (C=O) groups excluding carboxylic acids is 1. The van der Waals surface area contributed by atoms with Crippen LogP contribution in [0.2, 0.25) is 0 Å². The van der Waals surface area contributed by atoms with E-state index < -0.39 is 0 Å². The summed E-state index contributed by atoms with van der Waals surface area (Å²) in [4.78, 5) is 12.6. The summed E-state index contributed by atoms with van der Waals surface area (Å²) in [5.41, 5.74) is 0.580. The van der Waals surface area contributed by atoms with Crippen LogP contribution in [0.25, 0.3) is 0 Å². The first kappa shape index (κ1) is 12.5.